The molecule has 0 aliphatic rings. The predicted octanol–water partition coefficient (Wildman–Crippen LogP) is 2.88. The molecule has 2 aromatic heterocycles. The Hall–Kier alpha value is -2.17. The number of rotatable bonds is 4. The van der Waals surface area contributed by atoms with Crippen LogP contribution in [0.4, 0.5) is 5.69 Å². The van der Waals surface area contributed by atoms with Crippen LogP contribution in [-0.4, -0.2) is 36.9 Å². The maximum Gasteiger partial charge on any atom is 0.349 e. The number of H-pyrrole nitrogens is 1. The first kappa shape index (κ1) is 17.6. The summed E-state index contributed by atoms with van der Waals surface area (Å²) in [4.78, 5) is 11.8. The van der Waals surface area contributed by atoms with Crippen molar-refractivity contribution in [3.05, 3.63) is 33.2 Å². The van der Waals surface area contributed by atoms with Gasteiger partial charge in [-0.3, -0.25) is 4.72 Å². The highest BCUT2D eigenvalue weighted by molar-refractivity contribution is 7.94. The van der Waals surface area contributed by atoms with E-state index in [2.05, 4.69) is 24.9 Å². The molecule has 25 heavy (non-hydrogen) atoms. The number of halogens is 1. The van der Waals surface area contributed by atoms with Gasteiger partial charge in [0, 0.05) is 5.56 Å². The average Bonchev–Trinajstić information content (AvgIpc) is 3.16. The minimum atomic E-state index is -3.98. The molecule has 0 amide bonds. The Morgan fingerprint density at radius 2 is 2.04 bits per heavy atom. The maximum atomic E-state index is 12.8. The summed E-state index contributed by atoms with van der Waals surface area (Å²) in [5, 5.41) is 10.5. The van der Waals surface area contributed by atoms with Gasteiger partial charge in [-0.05, 0) is 25.5 Å². The third-order valence-corrected chi connectivity index (χ3v) is 7.40. The number of methoxy groups -OCH3 is 1. The number of anilines is 1. The molecule has 0 saturated carbocycles. The van der Waals surface area contributed by atoms with Crippen LogP contribution in [0.1, 0.15) is 20.8 Å². The lowest BCUT2D eigenvalue weighted by Crippen LogP contribution is -2.14. The zero-order chi connectivity index (χ0) is 18.4. The van der Waals surface area contributed by atoms with Crippen molar-refractivity contribution < 1.29 is 17.9 Å². The third kappa shape index (κ3) is 2.96. The van der Waals surface area contributed by atoms with E-state index in [1.54, 1.807) is 19.1 Å². The Balaban J connectivity index is 2.10. The number of esters is 1. The van der Waals surface area contributed by atoms with E-state index in [4.69, 9.17) is 11.6 Å². The topological polar surface area (TPSA) is 114 Å². The van der Waals surface area contributed by atoms with Gasteiger partial charge in [0.25, 0.3) is 10.0 Å². The standard InChI is InChI=1S/C14H13ClN4O4S2/c1-6-4-5-8-11(17-19-16-8)10(6)18-25(21,22)14-7(2)9(15)12(24-14)13(20)23-3/h4-5,18H,1-3H3,(H,16,17,19). The summed E-state index contributed by atoms with van der Waals surface area (Å²) in [5.41, 5.74) is 2.20. The molecule has 11 heteroatoms. The fourth-order valence-corrected chi connectivity index (χ4v) is 5.46. The van der Waals surface area contributed by atoms with Gasteiger partial charge in [0.05, 0.1) is 17.8 Å². The number of benzene rings is 1. The van der Waals surface area contributed by atoms with Gasteiger partial charge in [-0.1, -0.05) is 17.7 Å². The largest absolute Gasteiger partial charge is 0.465 e. The van der Waals surface area contributed by atoms with E-state index >= 15 is 0 Å². The molecule has 132 valence electrons. The van der Waals surface area contributed by atoms with Crippen LogP contribution in [0.2, 0.25) is 5.02 Å². The molecule has 0 saturated heterocycles. The Labute approximate surface area is 152 Å². The number of carbonyl (C=O) groups is 1. The molecule has 0 bridgehead atoms. The van der Waals surface area contributed by atoms with Crippen LogP contribution >= 0.6 is 22.9 Å². The smallest absolute Gasteiger partial charge is 0.349 e. The van der Waals surface area contributed by atoms with Gasteiger partial charge in [-0.25, -0.2) is 13.2 Å². The van der Waals surface area contributed by atoms with Gasteiger partial charge in [-0.2, -0.15) is 15.4 Å². The van der Waals surface area contributed by atoms with Crippen LogP contribution in [0, 0.1) is 13.8 Å². The molecule has 1 aromatic carbocycles. The van der Waals surface area contributed by atoms with E-state index in [0.717, 1.165) is 11.3 Å². The van der Waals surface area contributed by atoms with Crippen molar-refractivity contribution in [1.82, 2.24) is 15.4 Å². The number of nitrogens with one attached hydrogen (secondary N) is 2. The number of nitrogens with zero attached hydrogens (tertiary/aromatic N) is 2. The SMILES string of the molecule is COC(=O)c1sc(S(=O)(=O)Nc2c(C)ccc3n[nH]nc23)c(C)c1Cl. The second-order valence-corrected chi connectivity index (χ2v) is 8.48. The molecule has 2 N–H and O–H groups in total. The van der Waals surface area contributed by atoms with Crippen molar-refractivity contribution >= 4 is 55.7 Å². The molecular formula is C14H13ClN4O4S2. The van der Waals surface area contributed by atoms with Crippen molar-refractivity contribution in [2.75, 3.05) is 11.8 Å². The monoisotopic (exact) mass is 400 g/mol. The fraction of sp³-hybridized carbons (Fsp3) is 0.214. The van der Waals surface area contributed by atoms with Crippen LogP contribution in [0.15, 0.2) is 16.3 Å². The summed E-state index contributed by atoms with van der Waals surface area (Å²) >= 11 is 6.85. The normalized spacial score (nSPS) is 11.7. The van der Waals surface area contributed by atoms with Crippen molar-refractivity contribution in [1.29, 1.82) is 0 Å². The first-order chi connectivity index (χ1) is 11.8. The lowest BCUT2D eigenvalue weighted by atomic mass is 10.2. The van der Waals surface area contributed by atoms with Gasteiger partial charge < -0.3 is 4.74 Å². The van der Waals surface area contributed by atoms with Crippen molar-refractivity contribution in [3.8, 4) is 0 Å². The summed E-state index contributed by atoms with van der Waals surface area (Å²) in [6.07, 6.45) is 0. The van der Waals surface area contributed by atoms with Gasteiger partial charge in [0.1, 0.15) is 20.1 Å². The maximum absolute atomic E-state index is 12.8. The van der Waals surface area contributed by atoms with Crippen LogP contribution < -0.4 is 4.72 Å². The molecule has 0 aliphatic heterocycles. The summed E-state index contributed by atoms with van der Waals surface area (Å²) in [5.74, 6) is -0.686. The molecule has 0 atom stereocenters. The second kappa shape index (κ2) is 6.28. The number of fused-ring (bicyclic) bond motifs is 1. The third-order valence-electron chi connectivity index (χ3n) is 3.58. The van der Waals surface area contributed by atoms with Gasteiger partial charge >= 0.3 is 5.97 Å². The minimum Gasteiger partial charge on any atom is -0.465 e. The van der Waals surface area contributed by atoms with E-state index in [1.165, 1.54) is 14.0 Å². The van der Waals surface area contributed by atoms with Gasteiger partial charge in [0.2, 0.25) is 0 Å². The number of hydrogen-bond donors (Lipinski definition) is 2. The van der Waals surface area contributed by atoms with Crippen molar-refractivity contribution in [3.63, 3.8) is 0 Å². The number of thiophene rings is 1. The number of aromatic amines is 1. The van der Waals surface area contributed by atoms with E-state index < -0.39 is 16.0 Å². The number of carbonyl (C=O) groups excluding carboxylic acids is 1. The molecule has 2 heterocycles. The predicted molar refractivity (Wildman–Crippen MR) is 94.8 cm³/mol. The molecule has 0 unspecified atom stereocenters. The van der Waals surface area contributed by atoms with Gasteiger partial charge in [0.15, 0.2) is 0 Å². The fourth-order valence-electron chi connectivity index (χ4n) is 2.28. The van der Waals surface area contributed by atoms with Crippen LogP contribution in [-0.2, 0) is 14.8 Å². The summed E-state index contributed by atoms with van der Waals surface area (Å²) in [6.45, 7) is 3.28. The summed E-state index contributed by atoms with van der Waals surface area (Å²) in [7, 11) is -2.78. The first-order valence-electron chi connectivity index (χ1n) is 6.96. The number of ether oxygens (including phenoxy) is 1. The second-order valence-electron chi connectivity index (χ2n) is 5.20. The lowest BCUT2D eigenvalue weighted by Gasteiger charge is -2.10. The highest BCUT2D eigenvalue weighted by atomic mass is 35.5. The minimum absolute atomic E-state index is 0.0402. The zero-order valence-electron chi connectivity index (χ0n) is 13.4. The zero-order valence-corrected chi connectivity index (χ0v) is 15.8. The first-order valence-corrected chi connectivity index (χ1v) is 9.64. The molecule has 3 aromatic rings. The molecule has 0 spiro atoms. The molecule has 0 aliphatic carbocycles. The Morgan fingerprint density at radius 3 is 2.72 bits per heavy atom. The molecule has 3 rings (SSSR count). The lowest BCUT2D eigenvalue weighted by molar-refractivity contribution is 0.0606. The Kier molecular flexibility index (Phi) is 4.43. The average molecular weight is 401 g/mol. The van der Waals surface area contributed by atoms with E-state index in [-0.39, 0.29) is 19.7 Å². The Bertz CT molecular complexity index is 1090. The highest BCUT2D eigenvalue weighted by Crippen LogP contribution is 2.37. The summed E-state index contributed by atoms with van der Waals surface area (Å²) < 4.78 is 32.8. The van der Waals surface area contributed by atoms with Crippen LogP contribution in [0.3, 0.4) is 0 Å². The van der Waals surface area contributed by atoms with Crippen molar-refractivity contribution in [2.45, 2.75) is 18.1 Å². The van der Waals surface area contributed by atoms with Crippen LogP contribution in [0.25, 0.3) is 11.0 Å². The van der Waals surface area contributed by atoms with E-state index in [9.17, 15) is 13.2 Å². The molecule has 0 fully saturated rings. The van der Waals surface area contributed by atoms with Crippen LogP contribution in [0.5, 0.6) is 0 Å². The van der Waals surface area contributed by atoms with Crippen molar-refractivity contribution in [2.24, 2.45) is 0 Å². The van der Waals surface area contributed by atoms with E-state index in [0.29, 0.717) is 22.3 Å². The number of aromatic nitrogens is 3. The number of sulfonamides is 1. The highest BCUT2D eigenvalue weighted by Gasteiger charge is 2.28. The Morgan fingerprint density at radius 1 is 1.32 bits per heavy atom. The van der Waals surface area contributed by atoms with E-state index in [1.807, 2.05) is 0 Å². The number of hydrogen-bond acceptors (Lipinski definition) is 7. The quantitative estimate of drug-likeness (QED) is 0.651. The molecule has 0 radical (unpaired) electrons. The summed E-state index contributed by atoms with van der Waals surface area (Å²) in [6, 6.07) is 3.46. The van der Waals surface area contributed by atoms with Gasteiger partial charge in [-0.15, -0.1) is 11.3 Å². The number of aryl methyl sites for hydroxylation is 1. The molecular weight excluding hydrogens is 388 g/mol. The molecule has 8 nitrogen and oxygen atoms in total.